The van der Waals surface area contributed by atoms with Gasteiger partial charge in [0.05, 0.1) is 28.3 Å². The number of carbonyl (C=O) groups is 2. The second-order valence-electron chi connectivity index (χ2n) is 7.63. The zero-order chi connectivity index (χ0) is 22.5. The Morgan fingerprint density at radius 2 is 2.03 bits per heavy atom. The van der Waals surface area contributed by atoms with Crippen molar-refractivity contribution in [2.45, 2.75) is 26.8 Å². The summed E-state index contributed by atoms with van der Waals surface area (Å²) in [6.07, 6.45) is 0.883. The number of benzene rings is 2. The molecule has 1 aromatic heterocycles. The first kappa shape index (κ1) is 22.8. The molecule has 0 bridgehead atoms. The van der Waals surface area contributed by atoms with Gasteiger partial charge in [0.1, 0.15) is 0 Å². The van der Waals surface area contributed by atoms with Gasteiger partial charge in [-0.2, -0.15) is 4.99 Å². The van der Waals surface area contributed by atoms with E-state index in [0.717, 1.165) is 22.3 Å². The number of carbonyl (C=O) groups excluding carboxylic acids is 2. The van der Waals surface area contributed by atoms with Crippen LogP contribution in [0.1, 0.15) is 18.1 Å². The van der Waals surface area contributed by atoms with Crippen molar-refractivity contribution in [2.75, 3.05) is 36.2 Å². The summed E-state index contributed by atoms with van der Waals surface area (Å²) in [5.41, 5.74) is 4.42. The van der Waals surface area contributed by atoms with Gasteiger partial charge in [-0.1, -0.05) is 35.6 Å². The van der Waals surface area contributed by atoms with E-state index in [1.807, 2.05) is 34.6 Å². The first-order valence-corrected chi connectivity index (χ1v) is 12.7. The van der Waals surface area contributed by atoms with Gasteiger partial charge in [0.2, 0.25) is 5.91 Å². The minimum Gasteiger partial charge on any atom is -0.380 e. The van der Waals surface area contributed by atoms with Crippen molar-refractivity contribution in [3.63, 3.8) is 0 Å². The van der Waals surface area contributed by atoms with Crippen LogP contribution in [-0.2, 0) is 27.3 Å². The van der Waals surface area contributed by atoms with Crippen molar-refractivity contribution >= 4 is 50.8 Å². The third kappa shape index (κ3) is 5.14. The SMILES string of the molecule is CCOCCn1c(=NC(=O)CSCC(=O)N2CCc3ccccc32)sc2cc(C)ccc21. The molecule has 0 radical (unpaired) electrons. The van der Waals surface area contributed by atoms with Crippen LogP contribution >= 0.6 is 23.1 Å². The third-order valence-corrected chi connectivity index (χ3v) is 7.30. The van der Waals surface area contributed by atoms with Crippen molar-refractivity contribution in [3.05, 3.63) is 58.4 Å². The van der Waals surface area contributed by atoms with Crippen molar-refractivity contribution in [1.82, 2.24) is 4.57 Å². The lowest BCUT2D eigenvalue weighted by molar-refractivity contribution is -0.116. The molecule has 0 saturated heterocycles. The highest BCUT2D eigenvalue weighted by molar-refractivity contribution is 8.00. The van der Waals surface area contributed by atoms with Crippen LogP contribution in [0.4, 0.5) is 5.69 Å². The van der Waals surface area contributed by atoms with E-state index in [0.29, 0.717) is 31.1 Å². The van der Waals surface area contributed by atoms with Crippen molar-refractivity contribution in [1.29, 1.82) is 0 Å². The highest BCUT2D eigenvalue weighted by Gasteiger charge is 2.23. The molecule has 0 aliphatic carbocycles. The predicted molar refractivity (Wildman–Crippen MR) is 131 cm³/mol. The van der Waals surface area contributed by atoms with E-state index in [9.17, 15) is 9.59 Å². The molecule has 0 atom stereocenters. The summed E-state index contributed by atoms with van der Waals surface area (Å²) in [5.74, 6) is 0.265. The molecule has 168 valence electrons. The van der Waals surface area contributed by atoms with Gasteiger partial charge >= 0.3 is 0 Å². The quantitative estimate of drug-likeness (QED) is 0.471. The number of para-hydroxylation sites is 1. The Hall–Kier alpha value is -2.42. The largest absolute Gasteiger partial charge is 0.380 e. The van der Waals surface area contributed by atoms with Gasteiger partial charge in [-0.25, -0.2) is 0 Å². The van der Waals surface area contributed by atoms with Gasteiger partial charge in [0, 0.05) is 25.4 Å². The number of thiazole rings is 1. The minimum absolute atomic E-state index is 0.0388. The minimum atomic E-state index is -0.224. The zero-order valence-corrected chi connectivity index (χ0v) is 20.0. The molecule has 0 fully saturated rings. The van der Waals surface area contributed by atoms with Gasteiger partial charge < -0.3 is 14.2 Å². The smallest absolute Gasteiger partial charge is 0.258 e. The number of amides is 2. The Morgan fingerprint density at radius 3 is 2.88 bits per heavy atom. The number of hydrogen-bond acceptors (Lipinski definition) is 5. The molecule has 32 heavy (non-hydrogen) atoms. The standard InChI is InChI=1S/C24H27N3O3S2/c1-3-30-13-12-27-20-9-8-17(2)14-21(20)32-24(27)25-22(28)15-31-16-23(29)26-11-10-18-6-4-5-7-19(18)26/h4-9,14H,3,10-13,15-16H2,1-2H3. The maximum Gasteiger partial charge on any atom is 0.258 e. The number of nitrogens with zero attached hydrogens (tertiary/aromatic N) is 3. The van der Waals surface area contributed by atoms with Gasteiger partial charge in [0.25, 0.3) is 5.91 Å². The van der Waals surface area contributed by atoms with Crippen LogP contribution < -0.4 is 9.70 Å². The summed E-state index contributed by atoms with van der Waals surface area (Å²) >= 11 is 2.84. The second-order valence-corrected chi connectivity index (χ2v) is 9.62. The fourth-order valence-electron chi connectivity index (χ4n) is 3.82. The third-order valence-electron chi connectivity index (χ3n) is 5.36. The van der Waals surface area contributed by atoms with E-state index in [1.165, 1.54) is 34.2 Å². The highest BCUT2D eigenvalue weighted by atomic mass is 32.2. The molecule has 6 nitrogen and oxygen atoms in total. The molecule has 0 spiro atoms. The molecule has 4 rings (SSSR count). The molecular weight excluding hydrogens is 442 g/mol. The molecule has 2 aromatic carbocycles. The summed E-state index contributed by atoms with van der Waals surface area (Å²) in [6.45, 7) is 6.59. The molecule has 8 heteroatoms. The normalized spacial score (nSPS) is 13.7. The monoisotopic (exact) mass is 469 g/mol. The number of thioether (sulfide) groups is 1. The molecule has 0 unspecified atom stereocenters. The van der Waals surface area contributed by atoms with Crippen LogP contribution in [0, 0.1) is 6.92 Å². The summed E-state index contributed by atoms with van der Waals surface area (Å²) in [7, 11) is 0. The summed E-state index contributed by atoms with van der Waals surface area (Å²) in [6, 6.07) is 14.2. The Kier molecular flexibility index (Phi) is 7.44. The van der Waals surface area contributed by atoms with Crippen molar-refractivity contribution in [2.24, 2.45) is 4.99 Å². The Labute approximate surface area is 195 Å². The Bertz CT molecular complexity index is 1200. The first-order valence-electron chi connectivity index (χ1n) is 10.8. The van der Waals surface area contributed by atoms with Crippen molar-refractivity contribution < 1.29 is 14.3 Å². The van der Waals surface area contributed by atoms with Gasteiger partial charge in [-0.05, 0) is 49.6 Å². The lowest BCUT2D eigenvalue weighted by Crippen LogP contribution is -2.30. The second kappa shape index (κ2) is 10.5. The van der Waals surface area contributed by atoms with Crippen LogP contribution in [0.25, 0.3) is 10.2 Å². The van der Waals surface area contributed by atoms with E-state index >= 15 is 0 Å². The lowest BCUT2D eigenvalue weighted by atomic mass is 10.2. The van der Waals surface area contributed by atoms with E-state index in [1.54, 1.807) is 0 Å². The lowest BCUT2D eigenvalue weighted by Gasteiger charge is -2.16. The van der Waals surface area contributed by atoms with E-state index in [2.05, 4.69) is 36.2 Å². The molecular formula is C24H27N3O3S2. The molecule has 3 aromatic rings. The predicted octanol–water partition coefficient (Wildman–Crippen LogP) is 3.80. The molecule has 0 saturated carbocycles. The van der Waals surface area contributed by atoms with E-state index in [4.69, 9.17) is 4.74 Å². The fourth-order valence-corrected chi connectivity index (χ4v) is 5.67. The molecule has 0 N–H and O–H groups in total. The zero-order valence-electron chi connectivity index (χ0n) is 18.4. The van der Waals surface area contributed by atoms with Crippen molar-refractivity contribution in [3.8, 4) is 0 Å². The van der Waals surface area contributed by atoms with Crippen LogP contribution in [0.5, 0.6) is 0 Å². The fraction of sp³-hybridized carbons (Fsp3) is 0.375. The van der Waals surface area contributed by atoms with Crippen LogP contribution in [-0.4, -0.2) is 47.6 Å². The molecule has 1 aliphatic rings. The van der Waals surface area contributed by atoms with Gasteiger partial charge in [-0.15, -0.1) is 11.8 Å². The first-order chi connectivity index (χ1) is 15.6. The Balaban J connectivity index is 1.42. The van der Waals surface area contributed by atoms with E-state index < -0.39 is 0 Å². The van der Waals surface area contributed by atoms with E-state index in [-0.39, 0.29) is 23.3 Å². The summed E-state index contributed by atoms with van der Waals surface area (Å²) < 4.78 is 8.66. The van der Waals surface area contributed by atoms with Gasteiger partial charge in [0.15, 0.2) is 4.80 Å². The topological polar surface area (TPSA) is 63.9 Å². The number of ether oxygens (including phenoxy) is 1. The maximum atomic E-state index is 12.6. The molecule has 2 heterocycles. The van der Waals surface area contributed by atoms with Gasteiger partial charge in [-0.3, -0.25) is 9.59 Å². The number of anilines is 1. The number of aromatic nitrogens is 1. The molecule has 1 aliphatic heterocycles. The Morgan fingerprint density at radius 1 is 1.19 bits per heavy atom. The summed E-state index contributed by atoms with van der Waals surface area (Å²) in [4.78, 5) is 32.1. The maximum absolute atomic E-state index is 12.6. The summed E-state index contributed by atoms with van der Waals surface area (Å²) in [5, 5.41) is 0. The average Bonchev–Trinajstić information content (AvgIpc) is 3.35. The average molecular weight is 470 g/mol. The highest BCUT2D eigenvalue weighted by Crippen LogP contribution is 2.28. The number of fused-ring (bicyclic) bond motifs is 2. The van der Waals surface area contributed by atoms with Crippen LogP contribution in [0.2, 0.25) is 0 Å². The number of aryl methyl sites for hydroxylation is 1. The number of rotatable bonds is 8. The molecule has 2 amide bonds. The van der Waals surface area contributed by atoms with Crippen LogP contribution in [0.15, 0.2) is 47.5 Å². The van der Waals surface area contributed by atoms with Crippen LogP contribution in [0.3, 0.4) is 0 Å². The number of hydrogen-bond donors (Lipinski definition) is 0.